The van der Waals surface area contributed by atoms with E-state index in [1.165, 1.54) is 32.1 Å². The zero-order chi connectivity index (χ0) is 13.7. The van der Waals surface area contributed by atoms with Gasteiger partial charge < -0.3 is 14.5 Å². The van der Waals surface area contributed by atoms with Crippen LogP contribution in [0.5, 0.6) is 0 Å². The summed E-state index contributed by atoms with van der Waals surface area (Å²) in [7, 11) is 1.91. The number of hydrogen-bond acceptors (Lipinski definition) is 3. The summed E-state index contributed by atoms with van der Waals surface area (Å²) < 4.78 is 5.81. The van der Waals surface area contributed by atoms with Crippen molar-refractivity contribution in [1.29, 1.82) is 0 Å². The quantitative estimate of drug-likeness (QED) is 0.778. The predicted molar refractivity (Wildman–Crippen MR) is 76.1 cm³/mol. The fourth-order valence-electron chi connectivity index (χ4n) is 3.11. The standard InChI is InChI=1S/C15H28N2O2/c1-13(18)16(2)11-14-6-8-17(9-7-14)12-15-5-3-4-10-19-15/h14-15H,3-12H2,1-2H3. The zero-order valence-corrected chi connectivity index (χ0v) is 12.4. The lowest BCUT2D eigenvalue weighted by atomic mass is 9.95. The molecule has 2 heterocycles. The highest BCUT2D eigenvalue weighted by atomic mass is 16.5. The molecule has 0 radical (unpaired) electrons. The molecule has 0 aromatic heterocycles. The molecule has 1 atom stereocenters. The molecular weight excluding hydrogens is 240 g/mol. The molecule has 0 bridgehead atoms. The van der Waals surface area contributed by atoms with E-state index in [-0.39, 0.29) is 5.91 Å². The monoisotopic (exact) mass is 268 g/mol. The first-order valence-electron chi connectivity index (χ1n) is 7.71. The van der Waals surface area contributed by atoms with Gasteiger partial charge in [0.2, 0.25) is 5.91 Å². The molecule has 0 spiro atoms. The van der Waals surface area contributed by atoms with Gasteiger partial charge >= 0.3 is 0 Å². The van der Waals surface area contributed by atoms with E-state index in [9.17, 15) is 4.79 Å². The first-order chi connectivity index (χ1) is 9.15. The molecule has 2 fully saturated rings. The van der Waals surface area contributed by atoms with Gasteiger partial charge in [-0.05, 0) is 51.1 Å². The minimum atomic E-state index is 0.179. The SMILES string of the molecule is CC(=O)N(C)CC1CCN(CC2CCCCO2)CC1. The van der Waals surface area contributed by atoms with Crippen molar-refractivity contribution in [2.75, 3.05) is 39.8 Å². The second-order valence-electron chi connectivity index (χ2n) is 6.13. The van der Waals surface area contributed by atoms with Gasteiger partial charge in [-0.2, -0.15) is 0 Å². The topological polar surface area (TPSA) is 32.8 Å². The summed E-state index contributed by atoms with van der Waals surface area (Å²) in [6.45, 7) is 6.95. The van der Waals surface area contributed by atoms with Gasteiger partial charge in [-0.15, -0.1) is 0 Å². The van der Waals surface area contributed by atoms with Crippen LogP contribution in [0.1, 0.15) is 39.0 Å². The highest BCUT2D eigenvalue weighted by molar-refractivity contribution is 5.72. The number of hydrogen-bond donors (Lipinski definition) is 0. The van der Waals surface area contributed by atoms with E-state index in [2.05, 4.69) is 4.90 Å². The van der Waals surface area contributed by atoms with Crippen LogP contribution in [0.4, 0.5) is 0 Å². The number of carbonyl (C=O) groups excluding carboxylic acids is 1. The van der Waals surface area contributed by atoms with Crippen molar-refractivity contribution in [2.45, 2.75) is 45.1 Å². The van der Waals surface area contributed by atoms with Crippen molar-refractivity contribution >= 4 is 5.91 Å². The van der Waals surface area contributed by atoms with E-state index >= 15 is 0 Å². The van der Waals surface area contributed by atoms with Crippen LogP contribution in [-0.2, 0) is 9.53 Å². The number of carbonyl (C=O) groups is 1. The molecule has 19 heavy (non-hydrogen) atoms. The first-order valence-corrected chi connectivity index (χ1v) is 7.71. The van der Waals surface area contributed by atoms with Crippen LogP contribution in [0.25, 0.3) is 0 Å². The van der Waals surface area contributed by atoms with Gasteiger partial charge in [-0.25, -0.2) is 0 Å². The van der Waals surface area contributed by atoms with Gasteiger partial charge in [0, 0.05) is 33.7 Å². The van der Waals surface area contributed by atoms with Crippen molar-refractivity contribution in [3.05, 3.63) is 0 Å². The minimum Gasteiger partial charge on any atom is -0.377 e. The Morgan fingerprint density at radius 1 is 1.26 bits per heavy atom. The molecule has 0 aliphatic carbocycles. The van der Waals surface area contributed by atoms with Crippen molar-refractivity contribution < 1.29 is 9.53 Å². The van der Waals surface area contributed by atoms with E-state index in [0.717, 1.165) is 32.8 Å². The minimum absolute atomic E-state index is 0.179. The van der Waals surface area contributed by atoms with Crippen LogP contribution in [0.3, 0.4) is 0 Å². The number of rotatable bonds is 4. The van der Waals surface area contributed by atoms with E-state index in [4.69, 9.17) is 4.74 Å². The maximum absolute atomic E-state index is 11.2. The normalized spacial score (nSPS) is 26.3. The lowest BCUT2D eigenvalue weighted by molar-refractivity contribution is -0.128. The second kappa shape index (κ2) is 7.25. The predicted octanol–water partition coefficient (Wildman–Crippen LogP) is 1.75. The summed E-state index contributed by atoms with van der Waals surface area (Å²) in [6, 6.07) is 0. The Morgan fingerprint density at radius 2 is 2.00 bits per heavy atom. The first kappa shape index (κ1) is 14.8. The van der Waals surface area contributed by atoms with Crippen LogP contribution in [0.15, 0.2) is 0 Å². The van der Waals surface area contributed by atoms with Crippen LogP contribution >= 0.6 is 0 Å². The Balaban J connectivity index is 1.65. The zero-order valence-electron chi connectivity index (χ0n) is 12.4. The summed E-state index contributed by atoms with van der Waals surface area (Å²) in [5.74, 6) is 0.857. The van der Waals surface area contributed by atoms with Gasteiger partial charge in [-0.3, -0.25) is 4.79 Å². The largest absolute Gasteiger partial charge is 0.377 e. The molecule has 2 rings (SSSR count). The summed E-state index contributed by atoms with van der Waals surface area (Å²) in [4.78, 5) is 15.6. The maximum atomic E-state index is 11.2. The number of piperidine rings is 1. The molecule has 4 nitrogen and oxygen atoms in total. The summed E-state index contributed by atoms with van der Waals surface area (Å²) in [6.07, 6.45) is 6.67. The second-order valence-corrected chi connectivity index (χ2v) is 6.13. The Hall–Kier alpha value is -0.610. The Morgan fingerprint density at radius 3 is 2.58 bits per heavy atom. The Labute approximate surface area is 117 Å². The van der Waals surface area contributed by atoms with Crippen LogP contribution in [0.2, 0.25) is 0 Å². The third-order valence-corrected chi connectivity index (χ3v) is 4.51. The van der Waals surface area contributed by atoms with Gasteiger partial charge in [-0.1, -0.05) is 0 Å². The van der Waals surface area contributed by atoms with E-state index in [1.54, 1.807) is 6.92 Å². The molecule has 0 aromatic carbocycles. The fourth-order valence-corrected chi connectivity index (χ4v) is 3.11. The molecule has 110 valence electrons. The third-order valence-electron chi connectivity index (χ3n) is 4.51. The molecule has 2 saturated heterocycles. The molecule has 1 unspecified atom stereocenters. The highest BCUT2D eigenvalue weighted by Crippen LogP contribution is 2.20. The smallest absolute Gasteiger partial charge is 0.219 e. The Kier molecular flexibility index (Phi) is 5.64. The van der Waals surface area contributed by atoms with Crippen molar-refractivity contribution in [3.63, 3.8) is 0 Å². The van der Waals surface area contributed by atoms with Gasteiger partial charge in [0.15, 0.2) is 0 Å². The average molecular weight is 268 g/mol. The van der Waals surface area contributed by atoms with Gasteiger partial charge in [0.1, 0.15) is 0 Å². The summed E-state index contributed by atoms with van der Waals surface area (Å²) >= 11 is 0. The summed E-state index contributed by atoms with van der Waals surface area (Å²) in [5.41, 5.74) is 0. The Bertz CT molecular complexity index is 282. The molecule has 2 aliphatic rings. The fraction of sp³-hybridized carbons (Fsp3) is 0.933. The van der Waals surface area contributed by atoms with Crippen molar-refractivity contribution in [3.8, 4) is 0 Å². The number of likely N-dealkylation sites (tertiary alicyclic amines) is 1. The van der Waals surface area contributed by atoms with Crippen LogP contribution < -0.4 is 0 Å². The number of ether oxygens (including phenoxy) is 1. The number of amides is 1. The van der Waals surface area contributed by atoms with E-state index < -0.39 is 0 Å². The third kappa shape index (κ3) is 4.77. The average Bonchev–Trinajstić information content (AvgIpc) is 2.42. The maximum Gasteiger partial charge on any atom is 0.219 e. The molecule has 2 aliphatic heterocycles. The van der Waals surface area contributed by atoms with Crippen molar-refractivity contribution in [1.82, 2.24) is 9.80 Å². The lowest BCUT2D eigenvalue weighted by Crippen LogP contribution is -2.42. The molecule has 0 aromatic rings. The van der Waals surface area contributed by atoms with Crippen molar-refractivity contribution in [2.24, 2.45) is 5.92 Å². The molecule has 4 heteroatoms. The molecular formula is C15H28N2O2. The van der Waals surface area contributed by atoms with E-state index in [1.807, 2.05) is 11.9 Å². The molecule has 1 amide bonds. The van der Waals surface area contributed by atoms with Gasteiger partial charge in [0.05, 0.1) is 6.10 Å². The highest BCUT2D eigenvalue weighted by Gasteiger charge is 2.24. The van der Waals surface area contributed by atoms with E-state index in [0.29, 0.717) is 12.0 Å². The molecule has 0 saturated carbocycles. The van der Waals surface area contributed by atoms with Gasteiger partial charge in [0.25, 0.3) is 0 Å². The molecule has 0 N–H and O–H groups in total. The number of nitrogens with zero attached hydrogens (tertiary/aromatic N) is 2. The van der Waals surface area contributed by atoms with Crippen LogP contribution in [-0.4, -0.2) is 61.6 Å². The van der Waals surface area contributed by atoms with Crippen LogP contribution in [0, 0.1) is 5.92 Å². The summed E-state index contributed by atoms with van der Waals surface area (Å²) in [5, 5.41) is 0. The lowest BCUT2D eigenvalue weighted by Gasteiger charge is -2.36.